The number of benzene rings is 1. The summed E-state index contributed by atoms with van der Waals surface area (Å²) < 4.78 is 17.6. The van der Waals surface area contributed by atoms with E-state index in [1.807, 2.05) is 12.1 Å². The molecule has 4 aliphatic rings. The number of rotatable bonds is 8. The van der Waals surface area contributed by atoms with Crippen LogP contribution in [0.2, 0.25) is 0 Å². The van der Waals surface area contributed by atoms with Crippen molar-refractivity contribution in [2.24, 2.45) is 5.92 Å². The van der Waals surface area contributed by atoms with Crippen LogP contribution in [0.5, 0.6) is 17.2 Å². The van der Waals surface area contributed by atoms with Crippen molar-refractivity contribution in [3.8, 4) is 28.5 Å². The minimum atomic E-state index is -1.16. The van der Waals surface area contributed by atoms with Gasteiger partial charge in [0, 0.05) is 18.3 Å². The highest BCUT2D eigenvalue weighted by molar-refractivity contribution is 6.08. The summed E-state index contributed by atoms with van der Waals surface area (Å²) in [6.45, 7) is 0.750. The molecule has 2 aromatic heterocycles. The van der Waals surface area contributed by atoms with Crippen molar-refractivity contribution in [3.63, 3.8) is 0 Å². The summed E-state index contributed by atoms with van der Waals surface area (Å²) in [5, 5.41) is 16.1. The van der Waals surface area contributed by atoms with Crippen LogP contribution in [-0.4, -0.2) is 63.0 Å². The quantitative estimate of drug-likeness (QED) is 0.346. The number of amides is 2. The molecule has 0 spiro atoms. The van der Waals surface area contributed by atoms with Crippen LogP contribution < -0.4 is 24.8 Å². The first-order valence-electron chi connectivity index (χ1n) is 13.7. The smallest absolute Gasteiger partial charge is 0.255 e. The zero-order valence-electron chi connectivity index (χ0n) is 21.5. The number of nitrogens with zero attached hydrogens (tertiary/aromatic N) is 2. The molecule has 0 unspecified atom stereocenters. The molecule has 3 saturated carbocycles. The van der Waals surface area contributed by atoms with E-state index >= 15 is 0 Å². The van der Waals surface area contributed by atoms with Crippen molar-refractivity contribution in [3.05, 3.63) is 30.2 Å². The van der Waals surface area contributed by atoms with E-state index in [1.54, 1.807) is 6.20 Å². The van der Waals surface area contributed by atoms with Gasteiger partial charge in [0.15, 0.2) is 11.5 Å². The molecule has 1 aliphatic heterocycles. The van der Waals surface area contributed by atoms with E-state index in [2.05, 4.69) is 25.6 Å². The lowest BCUT2D eigenvalue weighted by molar-refractivity contribution is -0.132. The highest BCUT2D eigenvalue weighted by Crippen LogP contribution is 2.48. The van der Waals surface area contributed by atoms with E-state index in [-0.39, 0.29) is 30.7 Å². The average Bonchev–Trinajstić information content (AvgIpc) is 3.82. The van der Waals surface area contributed by atoms with Gasteiger partial charge in [-0.1, -0.05) is 0 Å². The Hall–Kier alpha value is -3.86. The van der Waals surface area contributed by atoms with Crippen molar-refractivity contribution in [1.29, 1.82) is 0 Å². The monoisotopic (exact) mass is 533 g/mol. The van der Waals surface area contributed by atoms with Gasteiger partial charge in [-0.2, -0.15) is 0 Å². The normalized spacial score (nSPS) is 22.9. The van der Waals surface area contributed by atoms with Crippen molar-refractivity contribution >= 4 is 22.8 Å². The van der Waals surface area contributed by atoms with Gasteiger partial charge in [-0.25, -0.2) is 9.97 Å². The topological polar surface area (TPSA) is 148 Å². The number of aromatic amines is 1. The molecule has 3 aliphatic carbocycles. The molecule has 3 fully saturated rings. The number of aliphatic hydroxyl groups is 1. The number of carbonyl (C=O) groups is 2. The highest BCUT2D eigenvalue weighted by atomic mass is 16.7. The predicted octanol–water partition coefficient (Wildman–Crippen LogP) is 2.82. The van der Waals surface area contributed by atoms with Crippen LogP contribution in [0.4, 0.5) is 0 Å². The first kappa shape index (κ1) is 24.2. The van der Waals surface area contributed by atoms with Crippen molar-refractivity contribution in [2.75, 3.05) is 13.4 Å². The second-order valence-electron chi connectivity index (χ2n) is 11.1. The van der Waals surface area contributed by atoms with Crippen LogP contribution >= 0.6 is 0 Å². The summed E-state index contributed by atoms with van der Waals surface area (Å²) in [5.41, 5.74) is 1.67. The van der Waals surface area contributed by atoms with Gasteiger partial charge in [0.25, 0.3) is 11.8 Å². The summed E-state index contributed by atoms with van der Waals surface area (Å²) >= 11 is 0. The Kier molecular flexibility index (Phi) is 5.84. The Balaban J connectivity index is 1.09. The molecule has 11 heteroatoms. The number of fused-ring (bicyclic) bond motifs is 2. The molecule has 3 aromatic rings. The van der Waals surface area contributed by atoms with Gasteiger partial charge < -0.3 is 34.9 Å². The van der Waals surface area contributed by atoms with Crippen LogP contribution in [0.25, 0.3) is 22.3 Å². The molecule has 4 N–H and O–H groups in total. The fraction of sp³-hybridized carbons (Fsp3) is 0.500. The van der Waals surface area contributed by atoms with Gasteiger partial charge >= 0.3 is 0 Å². The second kappa shape index (κ2) is 9.41. The number of hydrogen-bond acceptors (Lipinski definition) is 8. The lowest BCUT2D eigenvalue weighted by Gasteiger charge is -2.30. The maximum Gasteiger partial charge on any atom is 0.255 e. The van der Waals surface area contributed by atoms with Gasteiger partial charge in [0.1, 0.15) is 28.9 Å². The van der Waals surface area contributed by atoms with E-state index in [9.17, 15) is 14.7 Å². The molecular formula is C28H31N5O6. The molecule has 1 aromatic carbocycles. The fourth-order valence-electron chi connectivity index (χ4n) is 5.40. The highest BCUT2D eigenvalue weighted by Gasteiger charge is 2.48. The molecule has 0 radical (unpaired) electrons. The number of H-pyrrole nitrogens is 1. The standard InChI is InChI=1S/C28H31N5O6/c34-26(32-16-3-5-17(6-4-16)33-27(35)28(36)9-10-28)18-11-29-24-22(18)30-13-31-23(24)21-19(37-12-15-1-2-15)7-8-20-25(21)39-14-38-20/h7-8,11,13,15-17,29,36H,1-6,9-10,12,14H2,(H,32,34)(H,33,35). The SMILES string of the molecule is O=C(NC1CCC(NC(=O)C2(O)CC2)CC1)c1c[nH]c2c(-c3c(OCC4CC4)ccc4c3OCO4)ncnc12. The van der Waals surface area contributed by atoms with E-state index in [1.165, 1.54) is 19.2 Å². The summed E-state index contributed by atoms with van der Waals surface area (Å²) in [4.78, 5) is 37.7. The van der Waals surface area contributed by atoms with E-state index < -0.39 is 5.60 Å². The van der Waals surface area contributed by atoms with Crippen LogP contribution in [0, 0.1) is 5.92 Å². The summed E-state index contributed by atoms with van der Waals surface area (Å²) in [6, 6.07) is 3.73. The van der Waals surface area contributed by atoms with E-state index in [4.69, 9.17) is 14.2 Å². The second-order valence-corrected chi connectivity index (χ2v) is 11.1. The number of ether oxygens (including phenoxy) is 3. The largest absolute Gasteiger partial charge is 0.492 e. The average molecular weight is 534 g/mol. The molecule has 39 heavy (non-hydrogen) atoms. The maximum atomic E-state index is 13.3. The van der Waals surface area contributed by atoms with Gasteiger partial charge in [-0.3, -0.25) is 9.59 Å². The Morgan fingerprint density at radius 3 is 2.56 bits per heavy atom. The lowest BCUT2D eigenvalue weighted by Crippen LogP contribution is -2.47. The number of hydrogen-bond donors (Lipinski definition) is 4. The van der Waals surface area contributed by atoms with Crippen molar-refractivity contribution in [1.82, 2.24) is 25.6 Å². The van der Waals surface area contributed by atoms with E-state index in [0.717, 1.165) is 25.7 Å². The third-order valence-corrected chi connectivity index (χ3v) is 8.16. The first-order chi connectivity index (χ1) is 19.0. The third-order valence-electron chi connectivity index (χ3n) is 8.16. The minimum Gasteiger partial charge on any atom is -0.492 e. The Bertz CT molecular complexity index is 1440. The van der Waals surface area contributed by atoms with Crippen LogP contribution in [0.15, 0.2) is 24.7 Å². The minimum absolute atomic E-state index is 0.00807. The zero-order valence-corrected chi connectivity index (χ0v) is 21.5. The number of nitrogens with one attached hydrogen (secondary N) is 3. The molecule has 0 saturated heterocycles. The van der Waals surface area contributed by atoms with Gasteiger partial charge in [0.05, 0.1) is 23.3 Å². The third kappa shape index (κ3) is 4.64. The molecule has 11 nitrogen and oxygen atoms in total. The summed E-state index contributed by atoms with van der Waals surface area (Å²) in [5.74, 6) is 1.94. The zero-order chi connectivity index (χ0) is 26.6. The van der Waals surface area contributed by atoms with Crippen molar-refractivity contribution in [2.45, 2.75) is 69.1 Å². The van der Waals surface area contributed by atoms with Gasteiger partial charge in [0.2, 0.25) is 6.79 Å². The molecular weight excluding hydrogens is 502 g/mol. The van der Waals surface area contributed by atoms with Crippen LogP contribution in [0.1, 0.15) is 61.7 Å². The maximum absolute atomic E-state index is 13.3. The Labute approximate surface area is 224 Å². The lowest BCUT2D eigenvalue weighted by atomic mass is 9.90. The van der Waals surface area contributed by atoms with Crippen LogP contribution in [-0.2, 0) is 4.79 Å². The molecule has 0 atom stereocenters. The summed E-state index contributed by atoms with van der Waals surface area (Å²) in [6.07, 6.45) is 9.49. The number of aromatic nitrogens is 3. The predicted molar refractivity (Wildman–Crippen MR) is 140 cm³/mol. The molecule has 2 amide bonds. The molecule has 3 heterocycles. The van der Waals surface area contributed by atoms with Crippen LogP contribution in [0.3, 0.4) is 0 Å². The number of carbonyl (C=O) groups excluding carboxylic acids is 2. The summed E-state index contributed by atoms with van der Waals surface area (Å²) in [7, 11) is 0. The van der Waals surface area contributed by atoms with Gasteiger partial charge in [-0.05, 0) is 69.4 Å². The molecule has 7 rings (SSSR count). The van der Waals surface area contributed by atoms with Crippen molar-refractivity contribution < 1.29 is 28.9 Å². The fourth-order valence-corrected chi connectivity index (χ4v) is 5.40. The first-order valence-corrected chi connectivity index (χ1v) is 13.7. The Morgan fingerprint density at radius 1 is 1.05 bits per heavy atom. The Morgan fingerprint density at radius 2 is 1.82 bits per heavy atom. The molecule has 204 valence electrons. The van der Waals surface area contributed by atoms with E-state index in [0.29, 0.717) is 70.5 Å². The van der Waals surface area contributed by atoms with Gasteiger partial charge in [-0.15, -0.1) is 0 Å². The molecule has 0 bridgehead atoms.